The number of hydrogen-bond donors (Lipinski definition) is 1. The van der Waals surface area contributed by atoms with Gasteiger partial charge in [-0.2, -0.15) is 0 Å². The first-order valence-electron chi connectivity index (χ1n) is 11.0. The molecule has 0 bridgehead atoms. The summed E-state index contributed by atoms with van der Waals surface area (Å²) in [7, 11) is 1.60. The minimum atomic E-state index is -1.39. The molecule has 0 unspecified atom stereocenters. The number of ether oxygens (including phenoxy) is 2. The fourth-order valence-electron chi connectivity index (χ4n) is 3.86. The third kappa shape index (κ3) is 4.89. The van der Waals surface area contributed by atoms with Crippen LogP contribution < -0.4 is 15.0 Å². The lowest BCUT2D eigenvalue weighted by Crippen LogP contribution is -2.51. The first-order chi connectivity index (χ1) is 16.2. The number of benzene rings is 3. The Morgan fingerprint density at radius 3 is 2.26 bits per heavy atom. The number of alkyl carbamates (subject to hydrolysis) is 1. The van der Waals surface area contributed by atoms with E-state index in [2.05, 4.69) is 5.32 Å². The molecule has 2 amide bonds. The van der Waals surface area contributed by atoms with E-state index < -0.39 is 16.6 Å². The predicted molar refractivity (Wildman–Crippen MR) is 134 cm³/mol. The summed E-state index contributed by atoms with van der Waals surface area (Å²) in [6.07, 6.45) is -0.654. The Bertz CT molecular complexity index is 1180. The van der Waals surface area contributed by atoms with E-state index in [4.69, 9.17) is 9.47 Å². The Hall–Kier alpha value is -3.45. The van der Waals surface area contributed by atoms with Gasteiger partial charge in [0.25, 0.3) is 5.91 Å². The van der Waals surface area contributed by atoms with Gasteiger partial charge in [-0.25, -0.2) is 4.79 Å². The van der Waals surface area contributed by atoms with Gasteiger partial charge in [-0.15, -0.1) is 0 Å². The van der Waals surface area contributed by atoms with Crippen LogP contribution in [0.4, 0.5) is 10.5 Å². The fraction of sp³-hybridized carbons (Fsp3) is 0.259. The second kappa shape index (κ2) is 9.43. The standard InChI is InChI=1S/C27H28N2O4S/c1-26(2,3)33-25(31)28-27(34-21-16-14-20(32-4)15-17-21)22-12-8-9-13-23(22)29(24(27)30)18-19-10-6-5-7-11-19/h5-17H,18H2,1-4H3,(H,28,31)/t27-/m0/s1. The second-order valence-corrected chi connectivity index (χ2v) is 10.3. The van der Waals surface area contributed by atoms with Crippen molar-refractivity contribution in [1.82, 2.24) is 5.32 Å². The molecule has 0 radical (unpaired) electrons. The average molecular weight is 477 g/mol. The van der Waals surface area contributed by atoms with Gasteiger partial charge in [-0.05, 0) is 56.7 Å². The smallest absolute Gasteiger partial charge is 0.409 e. The molecule has 6 nitrogen and oxygen atoms in total. The van der Waals surface area contributed by atoms with Crippen molar-refractivity contribution >= 4 is 29.4 Å². The molecule has 0 aromatic heterocycles. The molecular weight excluding hydrogens is 448 g/mol. The topological polar surface area (TPSA) is 67.9 Å². The molecule has 3 aromatic rings. The number of fused-ring (bicyclic) bond motifs is 1. The number of carbonyl (C=O) groups excluding carboxylic acids is 2. The summed E-state index contributed by atoms with van der Waals surface area (Å²) >= 11 is 1.28. The number of para-hydroxylation sites is 1. The van der Waals surface area contributed by atoms with Crippen LogP contribution in [0.3, 0.4) is 0 Å². The molecule has 0 saturated carbocycles. The van der Waals surface area contributed by atoms with Crippen LogP contribution in [0.15, 0.2) is 83.8 Å². The molecule has 0 saturated heterocycles. The highest BCUT2D eigenvalue weighted by Gasteiger charge is 2.53. The molecule has 1 heterocycles. The maximum absolute atomic E-state index is 14.1. The van der Waals surface area contributed by atoms with E-state index in [1.165, 1.54) is 11.8 Å². The summed E-state index contributed by atoms with van der Waals surface area (Å²) in [5.41, 5.74) is 1.75. The van der Waals surface area contributed by atoms with Crippen molar-refractivity contribution in [3.05, 3.63) is 90.0 Å². The molecule has 0 fully saturated rings. The van der Waals surface area contributed by atoms with Crippen LogP contribution >= 0.6 is 11.8 Å². The number of hydrogen-bond acceptors (Lipinski definition) is 5. The summed E-state index contributed by atoms with van der Waals surface area (Å²) in [5.74, 6) is 0.478. The normalized spacial score (nSPS) is 17.3. The minimum Gasteiger partial charge on any atom is -0.497 e. The van der Waals surface area contributed by atoms with Crippen LogP contribution in [0.25, 0.3) is 0 Å². The lowest BCUT2D eigenvalue weighted by molar-refractivity contribution is -0.121. The highest BCUT2D eigenvalue weighted by Crippen LogP contribution is 2.50. The first-order valence-corrected chi connectivity index (χ1v) is 11.8. The molecule has 4 rings (SSSR count). The van der Waals surface area contributed by atoms with Crippen LogP contribution in [0, 0.1) is 0 Å². The molecule has 0 aliphatic carbocycles. The van der Waals surface area contributed by atoms with Crippen molar-refractivity contribution < 1.29 is 19.1 Å². The van der Waals surface area contributed by atoms with Gasteiger partial charge in [0.05, 0.1) is 19.3 Å². The van der Waals surface area contributed by atoms with Gasteiger partial charge in [0, 0.05) is 10.5 Å². The number of nitrogens with zero attached hydrogens (tertiary/aromatic N) is 1. The van der Waals surface area contributed by atoms with Crippen LogP contribution in [0.5, 0.6) is 5.75 Å². The highest BCUT2D eigenvalue weighted by molar-refractivity contribution is 8.01. The maximum atomic E-state index is 14.1. The Kier molecular flexibility index (Phi) is 6.57. The summed E-state index contributed by atoms with van der Waals surface area (Å²) in [6, 6.07) is 24.8. The van der Waals surface area contributed by atoms with E-state index in [9.17, 15) is 9.59 Å². The molecule has 176 valence electrons. The van der Waals surface area contributed by atoms with Gasteiger partial charge in [-0.3, -0.25) is 10.1 Å². The second-order valence-electron chi connectivity index (χ2n) is 8.98. The van der Waals surface area contributed by atoms with Crippen molar-refractivity contribution in [3.8, 4) is 5.75 Å². The average Bonchev–Trinajstić information content (AvgIpc) is 3.02. The molecule has 1 N–H and O–H groups in total. The lowest BCUT2D eigenvalue weighted by atomic mass is 10.1. The SMILES string of the molecule is COc1ccc(S[C@]2(NC(=O)OC(C)(C)C)C(=O)N(Cc3ccccc3)c3ccccc32)cc1. The van der Waals surface area contributed by atoms with Crippen LogP contribution in [0.1, 0.15) is 31.9 Å². The van der Waals surface area contributed by atoms with E-state index in [1.807, 2.05) is 78.9 Å². The monoisotopic (exact) mass is 476 g/mol. The molecule has 1 atom stereocenters. The Morgan fingerprint density at radius 2 is 1.62 bits per heavy atom. The number of nitrogens with one attached hydrogen (secondary N) is 1. The van der Waals surface area contributed by atoms with E-state index in [0.29, 0.717) is 17.9 Å². The van der Waals surface area contributed by atoms with Crippen molar-refractivity contribution in [2.45, 2.75) is 42.7 Å². The van der Waals surface area contributed by atoms with Crippen molar-refractivity contribution in [2.75, 3.05) is 12.0 Å². The van der Waals surface area contributed by atoms with Gasteiger partial charge < -0.3 is 14.4 Å². The van der Waals surface area contributed by atoms with E-state index in [1.54, 1.807) is 32.8 Å². The van der Waals surface area contributed by atoms with Gasteiger partial charge >= 0.3 is 6.09 Å². The number of carbonyl (C=O) groups is 2. The highest BCUT2D eigenvalue weighted by atomic mass is 32.2. The Labute approximate surface area is 204 Å². The van der Waals surface area contributed by atoms with Gasteiger partial charge in [0.15, 0.2) is 0 Å². The van der Waals surface area contributed by atoms with E-state index in [-0.39, 0.29) is 5.91 Å². The van der Waals surface area contributed by atoms with Crippen LogP contribution in [-0.4, -0.2) is 24.7 Å². The zero-order valence-electron chi connectivity index (χ0n) is 19.7. The number of rotatable bonds is 6. The summed E-state index contributed by atoms with van der Waals surface area (Å²) in [6.45, 7) is 5.77. The Balaban J connectivity index is 1.78. The molecule has 7 heteroatoms. The van der Waals surface area contributed by atoms with E-state index in [0.717, 1.165) is 16.1 Å². The number of amides is 2. The van der Waals surface area contributed by atoms with E-state index >= 15 is 0 Å². The molecule has 1 aliphatic heterocycles. The van der Waals surface area contributed by atoms with Gasteiger partial charge in [0.1, 0.15) is 11.4 Å². The fourth-order valence-corrected chi connectivity index (χ4v) is 5.10. The third-order valence-electron chi connectivity index (χ3n) is 5.31. The number of thioether (sulfide) groups is 1. The number of anilines is 1. The molecule has 3 aromatic carbocycles. The van der Waals surface area contributed by atoms with Crippen LogP contribution in [0.2, 0.25) is 0 Å². The van der Waals surface area contributed by atoms with Gasteiger partial charge in [0.2, 0.25) is 4.87 Å². The maximum Gasteiger partial charge on any atom is 0.409 e. The lowest BCUT2D eigenvalue weighted by Gasteiger charge is -2.31. The summed E-state index contributed by atoms with van der Waals surface area (Å²) < 4.78 is 10.8. The summed E-state index contributed by atoms with van der Waals surface area (Å²) in [4.78, 5) is 28.3. The zero-order chi connectivity index (χ0) is 24.3. The van der Waals surface area contributed by atoms with Crippen molar-refractivity contribution in [1.29, 1.82) is 0 Å². The van der Waals surface area contributed by atoms with Gasteiger partial charge in [-0.1, -0.05) is 60.3 Å². The number of methoxy groups -OCH3 is 1. The predicted octanol–water partition coefficient (Wildman–Crippen LogP) is 5.71. The quantitative estimate of drug-likeness (QED) is 0.462. The first kappa shape index (κ1) is 23.7. The third-order valence-corrected chi connectivity index (χ3v) is 6.62. The molecular formula is C27H28N2O4S. The summed E-state index contributed by atoms with van der Waals surface area (Å²) in [5, 5.41) is 2.93. The zero-order valence-corrected chi connectivity index (χ0v) is 20.5. The Morgan fingerprint density at radius 1 is 0.971 bits per heavy atom. The molecule has 34 heavy (non-hydrogen) atoms. The van der Waals surface area contributed by atoms with Crippen molar-refractivity contribution in [3.63, 3.8) is 0 Å². The largest absolute Gasteiger partial charge is 0.497 e. The van der Waals surface area contributed by atoms with Crippen molar-refractivity contribution in [2.24, 2.45) is 0 Å². The molecule has 0 spiro atoms. The minimum absolute atomic E-state index is 0.232. The molecule has 1 aliphatic rings. The van der Waals surface area contributed by atoms with Crippen LogP contribution in [-0.2, 0) is 20.9 Å².